The van der Waals surface area contributed by atoms with E-state index >= 15 is 0 Å². The largest absolute Gasteiger partial charge is 0.532 e. The Kier molecular flexibility index (Phi) is 4.01. The summed E-state index contributed by atoms with van der Waals surface area (Å²) in [5.74, 6) is 0.101. The van der Waals surface area contributed by atoms with Gasteiger partial charge in [0.25, 0.3) is 0 Å². The number of nitrogens with zero attached hydrogens (tertiary/aromatic N) is 1. The van der Waals surface area contributed by atoms with Crippen LogP contribution in [-0.4, -0.2) is 14.5 Å². The van der Waals surface area contributed by atoms with Crippen LogP contribution in [0.4, 0.5) is 4.39 Å². The number of hydrogen-bond donors (Lipinski definition) is 0. The van der Waals surface area contributed by atoms with E-state index in [0.717, 1.165) is 0 Å². The van der Waals surface area contributed by atoms with Gasteiger partial charge in [-0.15, -0.1) is 0 Å². The number of rotatable bonds is 4. The van der Waals surface area contributed by atoms with Gasteiger partial charge in [-0.3, -0.25) is 0 Å². The normalized spacial score (nSPS) is 11.8. The lowest BCUT2D eigenvalue weighted by Gasteiger charge is -2.17. The molecule has 0 saturated carbocycles. The van der Waals surface area contributed by atoms with Crippen LogP contribution < -0.4 is 0 Å². The molecule has 2 nitrogen and oxygen atoms in total. The lowest BCUT2D eigenvalue weighted by molar-refractivity contribution is 0.421. The van der Waals surface area contributed by atoms with Gasteiger partial charge in [0.15, 0.2) is 5.88 Å². The van der Waals surface area contributed by atoms with Crippen molar-refractivity contribution in [2.24, 2.45) is 4.99 Å². The van der Waals surface area contributed by atoms with E-state index in [4.69, 9.17) is 4.43 Å². The second-order valence-electron chi connectivity index (χ2n) is 4.42. The highest BCUT2D eigenvalue weighted by Gasteiger charge is 2.16. The van der Waals surface area contributed by atoms with Gasteiger partial charge in [-0.05, 0) is 43.9 Å². The Bertz CT molecular complexity index is 410. The third-order valence-corrected chi connectivity index (χ3v) is 2.48. The summed E-state index contributed by atoms with van der Waals surface area (Å²) in [6.07, 6.45) is 1.55. The Hall–Kier alpha value is -1.42. The van der Waals surface area contributed by atoms with Crippen LogP contribution >= 0.6 is 0 Å². The predicted molar refractivity (Wildman–Crippen MR) is 67.6 cm³/mol. The molecule has 0 atom stereocenters. The predicted octanol–water partition coefficient (Wildman–Crippen LogP) is 3.57. The van der Waals surface area contributed by atoms with E-state index in [2.05, 4.69) is 31.2 Å². The highest BCUT2D eigenvalue weighted by Crippen LogP contribution is 2.10. The molecule has 1 rings (SSSR count). The third-order valence-electron chi connectivity index (χ3n) is 1.63. The quantitative estimate of drug-likeness (QED) is 0.445. The molecule has 0 radical (unpaired) electrons. The topological polar surface area (TPSA) is 21.6 Å². The van der Waals surface area contributed by atoms with Crippen LogP contribution in [-0.2, 0) is 4.43 Å². The number of hydrogen-bond acceptors (Lipinski definition) is 2. The molecule has 0 unspecified atom stereocenters. The molecule has 0 N–H and O–H groups in total. The van der Waals surface area contributed by atoms with Crippen LogP contribution in [0.1, 0.15) is 5.56 Å². The van der Waals surface area contributed by atoms with Crippen molar-refractivity contribution >= 4 is 14.5 Å². The first kappa shape index (κ1) is 12.6. The summed E-state index contributed by atoms with van der Waals surface area (Å²) in [4.78, 5) is 4.05. The smallest absolute Gasteiger partial charge is 0.244 e. The molecule has 0 aromatic heterocycles. The minimum Gasteiger partial charge on any atom is -0.532 e. The molecule has 0 aliphatic carbocycles. The van der Waals surface area contributed by atoms with Gasteiger partial charge in [-0.1, -0.05) is 12.1 Å². The fourth-order valence-corrected chi connectivity index (χ4v) is 1.87. The van der Waals surface area contributed by atoms with E-state index in [9.17, 15) is 4.39 Å². The van der Waals surface area contributed by atoms with Crippen molar-refractivity contribution in [1.82, 2.24) is 0 Å². The zero-order valence-corrected chi connectivity index (χ0v) is 10.8. The van der Waals surface area contributed by atoms with Crippen LogP contribution in [0, 0.1) is 5.82 Å². The van der Waals surface area contributed by atoms with Gasteiger partial charge in [0.05, 0.1) is 0 Å². The SMILES string of the molecule is C=C(/N=C/c1cccc(F)c1)O[Si](C)(C)C. The first-order chi connectivity index (χ1) is 7.37. The Morgan fingerprint density at radius 3 is 2.69 bits per heavy atom. The molecule has 0 spiro atoms. The molecule has 0 aliphatic heterocycles. The van der Waals surface area contributed by atoms with E-state index in [0.29, 0.717) is 11.4 Å². The van der Waals surface area contributed by atoms with Gasteiger partial charge >= 0.3 is 0 Å². The van der Waals surface area contributed by atoms with Gasteiger partial charge in [0, 0.05) is 6.21 Å². The van der Waals surface area contributed by atoms with E-state index in [-0.39, 0.29) is 5.82 Å². The van der Waals surface area contributed by atoms with Crippen molar-refractivity contribution < 1.29 is 8.82 Å². The van der Waals surface area contributed by atoms with Gasteiger partial charge < -0.3 is 4.43 Å². The maximum absolute atomic E-state index is 12.9. The maximum atomic E-state index is 12.9. The van der Waals surface area contributed by atoms with E-state index in [1.807, 2.05) is 0 Å². The van der Waals surface area contributed by atoms with Crippen molar-refractivity contribution in [3.05, 3.63) is 48.1 Å². The van der Waals surface area contributed by atoms with E-state index < -0.39 is 8.32 Å². The molecular formula is C12H16FNOSi. The zero-order valence-electron chi connectivity index (χ0n) is 9.83. The molecule has 1 aromatic carbocycles. The standard InChI is InChI=1S/C12H16FNOSi/c1-10(15-16(2,3)4)14-9-11-6-5-7-12(13)8-11/h5-9H,1H2,2-4H3/b14-9+. The molecule has 1 aromatic rings. The molecule has 0 saturated heterocycles. The lowest BCUT2D eigenvalue weighted by Crippen LogP contribution is -2.24. The minimum atomic E-state index is -1.66. The third kappa shape index (κ3) is 4.88. The van der Waals surface area contributed by atoms with E-state index in [1.54, 1.807) is 18.3 Å². The summed E-state index contributed by atoms with van der Waals surface area (Å²) in [5, 5.41) is 0. The fraction of sp³-hybridized carbons (Fsp3) is 0.250. The average molecular weight is 237 g/mol. The summed E-state index contributed by atoms with van der Waals surface area (Å²) < 4.78 is 18.4. The molecule has 0 amide bonds. The molecule has 0 heterocycles. The Balaban J connectivity index is 2.64. The Morgan fingerprint density at radius 1 is 1.44 bits per heavy atom. The molecule has 16 heavy (non-hydrogen) atoms. The summed E-state index contributed by atoms with van der Waals surface area (Å²) in [6.45, 7) is 9.85. The summed E-state index contributed by atoms with van der Waals surface area (Å²) in [7, 11) is -1.66. The van der Waals surface area contributed by atoms with Crippen molar-refractivity contribution in [2.45, 2.75) is 19.6 Å². The van der Waals surface area contributed by atoms with Crippen molar-refractivity contribution in [3.8, 4) is 0 Å². The van der Waals surface area contributed by atoms with Crippen LogP contribution in [0.2, 0.25) is 19.6 Å². The van der Waals surface area contributed by atoms with Gasteiger partial charge in [-0.2, -0.15) is 0 Å². The molecule has 0 bridgehead atoms. The number of halogens is 1. The molecular weight excluding hydrogens is 221 g/mol. The highest BCUT2D eigenvalue weighted by atomic mass is 28.4. The lowest BCUT2D eigenvalue weighted by atomic mass is 10.2. The van der Waals surface area contributed by atoms with Crippen molar-refractivity contribution in [2.75, 3.05) is 0 Å². The number of aliphatic imine (C=N–C) groups is 1. The van der Waals surface area contributed by atoms with Crippen LogP contribution in [0.15, 0.2) is 41.7 Å². The van der Waals surface area contributed by atoms with Crippen LogP contribution in [0.5, 0.6) is 0 Å². The average Bonchev–Trinajstić information content (AvgIpc) is 2.12. The second kappa shape index (κ2) is 5.07. The van der Waals surface area contributed by atoms with Crippen LogP contribution in [0.3, 0.4) is 0 Å². The zero-order chi connectivity index (χ0) is 12.2. The summed E-state index contributed by atoms with van der Waals surface area (Å²) in [6, 6.07) is 6.21. The molecule has 0 fully saturated rings. The van der Waals surface area contributed by atoms with Crippen molar-refractivity contribution in [1.29, 1.82) is 0 Å². The molecule has 4 heteroatoms. The summed E-state index contributed by atoms with van der Waals surface area (Å²) >= 11 is 0. The first-order valence-corrected chi connectivity index (χ1v) is 8.45. The monoisotopic (exact) mass is 237 g/mol. The minimum absolute atomic E-state index is 0.277. The first-order valence-electron chi connectivity index (χ1n) is 5.04. The Labute approximate surface area is 96.6 Å². The molecule has 0 aliphatic rings. The second-order valence-corrected chi connectivity index (χ2v) is 8.85. The van der Waals surface area contributed by atoms with Crippen molar-refractivity contribution in [3.63, 3.8) is 0 Å². The fourth-order valence-electron chi connectivity index (χ4n) is 1.11. The highest BCUT2D eigenvalue weighted by molar-refractivity contribution is 6.70. The van der Waals surface area contributed by atoms with E-state index in [1.165, 1.54) is 12.1 Å². The molecule has 86 valence electrons. The van der Waals surface area contributed by atoms with Gasteiger partial charge in [-0.25, -0.2) is 9.38 Å². The van der Waals surface area contributed by atoms with Gasteiger partial charge in [0.1, 0.15) is 5.82 Å². The summed E-state index contributed by atoms with van der Waals surface area (Å²) in [5.41, 5.74) is 0.695. The Morgan fingerprint density at radius 2 is 2.12 bits per heavy atom. The van der Waals surface area contributed by atoms with Crippen LogP contribution in [0.25, 0.3) is 0 Å². The maximum Gasteiger partial charge on any atom is 0.244 e. The van der Waals surface area contributed by atoms with Gasteiger partial charge in [0.2, 0.25) is 8.32 Å². The number of benzene rings is 1.